The van der Waals surface area contributed by atoms with Crippen molar-refractivity contribution in [1.29, 1.82) is 0 Å². The molecule has 1 aromatic heterocycles. The maximum absolute atomic E-state index is 5.84. The Balaban J connectivity index is 1.81. The lowest BCUT2D eigenvalue weighted by atomic mass is 10.1. The lowest BCUT2D eigenvalue weighted by molar-refractivity contribution is 0.304. The van der Waals surface area contributed by atoms with E-state index < -0.39 is 0 Å². The smallest absolute Gasteiger partial charge is 0.119 e. The van der Waals surface area contributed by atoms with E-state index in [1.807, 2.05) is 24.3 Å². The van der Waals surface area contributed by atoms with Crippen LogP contribution in [0.25, 0.3) is 12.2 Å². The van der Waals surface area contributed by atoms with Gasteiger partial charge in [-0.1, -0.05) is 56.9 Å². The molecule has 0 fully saturated rings. The summed E-state index contributed by atoms with van der Waals surface area (Å²) in [5.74, 6) is 0.951. The zero-order valence-corrected chi connectivity index (χ0v) is 13.4. The van der Waals surface area contributed by atoms with Crippen LogP contribution in [0, 0.1) is 0 Å². The normalized spacial score (nSPS) is 11.0. The zero-order valence-electron chi connectivity index (χ0n) is 13.4. The molecule has 0 spiro atoms. The Morgan fingerprint density at radius 1 is 0.909 bits per heavy atom. The van der Waals surface area contributed by atoms with Crippen molar-refractivity contribution < 1.29 is 4.74 Å². The molecule has 2 rings (SSSR count). The van der Waals surface area contributed by atoms with Crippen molar-refractivity contribution in [2.24, 2.45) is 0 Å². The second-order valence-electron chi connectivity index (χ2n) is 5.45. The van der Waals surface area contributed by atoms with Crippen LogP contribution in [0.3, 0.4) is 0 Å². The zero-order chi connectivity index (χ0) is 15.5. The van der Waals surface area contributed by atoms with E-state index in [2.05, 4.69) is 36.2 Å². The predicted octanol–water partition coefficient (Wildman–Crippen LogP) is 5.60. The summed E-state index contributed by atoms with van der Waals surface area (Å²) < 4.78 is 5.84. The Morgan fingerprint density at radius 3 is 2.50 bits per heavy atom. The summed E-state index contributed by atoms with van der Waals surface area (Å²) >= 11 is 0. The van der Waals surface area contributed by atoms with E-state index in [0.29, 0.717) is 0 Å². The molecule has 116 valence electrons. The van der Waals surface area contributed by atoms with Gasteiger partial charge < -0.3 is 4.74 Å². The molecule has 0 amide bonds. The molecule has 0 bridgehead atoms. The fraction of sp³-hybridized carbons (Fsp3) is 0.350. The Kier molecular flexibility index (Phi) is 7.24. The third kappa shape index (κ3) is 6.13. The van der Waals surface area contributed by atoms with Gasteiger partial charge in [0.25, 0.3) is 0 Å². The van der Waals surface area contributed by atoms with Crippen LogP contribution >= 0.6 is 0 Å². The van der Waals surface area contributed by atoms with Gasteiger partial charge in [0.15, 0.2) is 0 Å². The van der Waals surface area contributed by atoms with Gasteiger partial charge in [0.1, 0.15) is 5.75 Å². The van der Waals surface area contributed by atoms with Gasteiger partial charge >= 0.3 is 0 Å². The molecule has 0 aliphatic rings. The molecule has 2 aromatic rings. The Bertz CT molecular complexity index is 563. The topological polar surface area (TPSA) is 22.1 Å². The van der Waals surface area contributed by atoms with E-state index in [9.17, 15) is 0 Å². The number of benzene rings is 1. The van der Waals surface area contributed by atoms with Crippen molar-refractivity contribution in [1.82, 2.24) is 4.98 Å². The molecule has 0 atom stereocenters. The van der Waals surface area contributed by atoms with Crippen molar-refractivity contribution in [2.45, 2.75) is 39.0 Å². The maximum atomic E-state index is 5.84. The van der Waals surface area contributed by atoms with Crippen molar-refractivity contribution in [3.8, 4) is 5.75 Å². The van der Waals surface area contributed by atoms with Gasteiger partial charge in [0, 0.05) is 12.4 Å². The van der Waals surface area contributed by atoms with Gasteiger partial charge in [-0.25, -0.2) is 0 Å². The summed E-state index contributed by atoms with van der Waals surface area (Å²) in [6, 6.07) is 12.2. The third-order valence-electron chi connectivity index (χ3n) is 3.55. The number of pyridine rings is 1. The van der Waals surface area contributed by atoms with Gasteiger partial charge in [-0.2, -0.15) is 0 Å². The molecule has 0 aliphatic heterocycles. The number of ether oxygens (including phenoxy) is 1. The number of rotatable bonds is 9. The molecule has 0 N–H and O–H groups in total. The van der Waals surface area contributed by atoms with Gasteiger partial charge in [-0.05, 0) is 41.8 Å². The van der Waals surface area contributed by atoms with Crippen LogP contribution < -0.4 is 4.74 Å². The lowest BCUT2D eigenvalue weighted by Crippen LogP contribution is -1.97. The Labute approximate surface area is 133 Å². The SMILES string of the molecule is CCCCCCCOc1cccc(/C=C/c2ccncc2)c1. The van der Waals surface area contributed by atoms with Gasteiger partial charge in [-0.15, -0.1) is 0 Å². The molecule has 0 unspecified atom stereocenters. The quantitative estimate of drug-likeness (QED) is 0.562. The van der Waals surface area contributed by atoms with Crippen LogP contribution in [-0.4, -0.2) is 11.6 Å². The first kappa shape index (κ1) is 16.3. The molecule has 1 heterocycles. The van der Waals surface area contributed by atoms with Crippen LogP contribution in [0.4, 0.5) is 0 Å². The van der Waals surface area contributed by atoms with E-state index in [-0.39, 0.29) is 0 Å². The summed E-state index contributed by atoms with van der Waals surface area (Å²) in [4.78, 5) is 4.02. The molecule has 2 nitrogen and oxygen atoms in total. The third-order valence-corrected chi connectivity index (χ3v) is 3.55. The van der Waals surface area contributed by atoms with Crippen LogP contribution in [0.2, 0.25) is 0 Å². The summed E-state index contributed by atoms with van der Waals surface area (Å²) in [5.41, 5.74) is 2.30. The van der Waals surface area contributed by atoms with E-state index in [0.717, 1.165) is 29.9 Å². The highest BCUT2D eigenvalue weighted by Gasteiger charge is 1.95. The molecule has 0 saturated carbocycles. The number of hydrogen-bond acceptors (Lipinski definition) is 2. The van der Waals surface area contributed by atoms with E-state index in [1.54, 1.807) is 12.4 Å². The summed E-state index contributed by atoms with van der Waals surface area (Å²) in [7, 11) is 0. The second kappa shape index (κ2) is 9.78. The predicted molar refractivity (Wildman–Crippen MR) is 93.9 cm³/mol. The molecule has 0 radical (unpaired) electrons. The lowest BCUT2D eigenvalue weighted by Gasteiger charge is -2.06. The molecule has 22 heavy (non-hydrogen) atoms. The first-order valence-electron chi connectivity index (χ1n) is 8.19. The Hall–Kier alpha value is -2.09. The highest BCUT2D eigenvalue weighted by atomic mass is 16.5. The van der Waals surface area contributed by atoms with Crippen LogP contribution in [-0.2, 0) is 0 Å². The second-order valence-corrected chi connectivity index (χ2v) is 5.45. The standard InChI is InChI=1S/C20H25NO/c1-2-3-4-5-6-16-22-20-9-7-8-19(17-20)11-10-18-12-14-21-15-13-18/h7-15,17H,2-6,16H2,1H3/b11-10+. The highest BCUT2D eigenvalue weighted by molar-refractivity contribution is 5.69. The van der Waals surface area contributed by atoms with Crippen LogP contribution in [0.5, 0.6) is 5.75 Å². The maximum Gasteiger partial charge on any atom is 0.119 e. The summed E-state index contributed by atoms with van der Waals surface area (Å²) in [6.07, 6.45) is 14.1. The summed E-state index contributed by atoms with van der Waals surface area (Å²) in [5, 5.41) is 0. The van der Waals surface area contributed by atoms with Gasteiger partial charge in [0.2, 0.25) is 0 Å². The van der Waals surface area contributed by atoms with Crippen molar-refractivity contribution >= 4 is 12.2 Å². The van der Waals surface area contributed by atoms with Crippen LogP contribution in [0.1, 0.15) is 50.2 Å². The fourth-order valence-corrected chi connectivity index (χ4v) is 2.27. The van der Waals surface area contributed by atoms with Crippen molar-refractivity contribution in [3.05, 3.63) is 59.9 Å². The highest BCUT2D eigenvalue weighted by Crippen LogP contribution is 2.16. The molecule has 0 aliphatic carbocycles. The average molecular weight is 295 g/mol. The monoisotopic (exact) mass is 295 g/mol. The number of nitrogens with zero attached hydrogens (tertiary/aromatic N) is 1. The number of hydrogen-bond donors (Lipinski definition) is 0. The first-order chi connectivity index (χ1) is 10.9. The summed E-state index contributed by atoms with van der Waals surface area (Å²) in [6.45, 7) is 3.04. The molecule has 0 saturated heterocycles. The van der Waals surface area contributed by atoms with Crippen molar-refractivity contribution in [2.75, 3.05) is 6.61 Å². The van der Waals surface area contributed by atoms with E-state index in [1.165, 1.54) is 25.7 Å². The molecular formula is C20H25NO. The minimum Gasteiger partial charge on any atom is -0.494 e. The average Bonchev–Trinajstić information content (AvgIpc) is 2.57. The van der Waals surface area contributed by atoms with E-state index >= 15 is 0 Å². The van der Waals surface area contributed by atoms with Crippen molar-refractivity contribution in [3.63, 3.8) is 0 Å². The first-order valence-corrected chi connectivity index (χ1v) is 8.19. The van der Waals surface area contributed by atoms with Gasteiger partial charge in [-0.3, -0.25) is 4.98 Å². The largest absolute Gasteiger partial charge is 0.494 e. The minimum atomic E-state index is 0.807. The minimum absolute atomic E-state index is 0.807. The van der Waals surface area contributed by atoms with Crippen LogP contribution in [0.15, 0.2) is 48.8 Å². The number of aromatic nitrogens is 1. The Morgan fingerprint density at radius 2 is 1.68 bits per heavy atom. The molecule has 1 aromatic carbocycles. The van der Waals surface area contributed by atoms with Gasteiger partial charge in [0.05, 0.1) is 6.61 Å². The molecule has 2 heteroatoms. The van der Waals surface area contributed by atoms with E-state index in [4.69, 9.17) is 4.74 Å². The molecular weight excluding hydrogens is 270 g/mol. The fourth-order valence-electron chi connectivity index (χ4n) is 2.27. The number of unbranched alkanes of at least 4 members (excludes halogenated alkanes) is 4.